The first-order chi connectivity index (χ1) is 9.11. The summed E-state index contributed by atoms with van der Waals surface area (Å²) in [5.41, 5.74) is 6.72. The number of hydrogen-bond acceptors (Lipinski definition) is 4. The van der Waals surface area contributed by atoms with E-state index in [1.165, 1.54) is 7.11 Å². The SMILES string of the molecule is COc1ccc(Cl)cc1C(=O)NCc1cn[nH]c1N. The van der Waals surface area contributed by atoms with Crippen LogP contribution in [0, 0.1) is 0 Å². The predicted molar refractivity (Wildman–Crippen MR) is 72.2 cm³/mol. The molecular formula is C12H13ClN4O2. The molecule has 2 aromatic rings. The van der Waals surface area contributed by atoms with Gasteiger partial charge < -0.3 is 15.8 Å². The van der Waals surface area contributed by atoms with Crippen LogP contribution >= 0.6 is 11.6 Å². The topological polar surface area (TPSA) is 93.0 Å². The first-order valence-corrected chi connectivity index (χ1v) is 5.89. The third kappa shape index (κ3) is 2.97. The number of nitrogens with one attached hydrogen (secondary N) is 2. The van der Waals surface area contributed by atoms with Crippen LogP contribution in [0.1, 0.15) is 15.9 Å². The lowest BCUT2D eigenvalue weighted by molar-refractivity contribution is 0.0948. The summed E-state index contributed by atoms with van der Waals surface area (Å²) in [6, 6.07) is 4.85. The molecule has 1 aromatic heterocycles. The first kappa shape index (κ1) is 13.2. The summed E-state index contributed by atoms with van der Waals surface area (Å²) >= 11 is 5.87. The number of carbonyl (C=O) groups excluding carboxylic acids is 1. The second-order valence-electron chi connectivity index (χ2n) is 3.84. The normalized spacial score (nSPS) is 10.2. The third-order valence-corrected chi connectivity index (χ3v) is 2.83. The zero-order valence-electron chi connectivity index (χ0n) is 10.2. The van der Waals surface area contributed by atoms with Gasteiger partial charge in [-0.05, 0) is 18.2 Å². The Labute approximate surface area is 114 Å². The van der Waals surface area contributed by atoms with E-state index < -0.39 is 0 Å². The molecule has 0 radical (unpaired) electrons. The van der Waals surface area contributed by atoms with Gasteiger partial charge in [0.25, 0.3) is 5.91 Å². The number of ether oxygens (including phenoxy) is 1. The van der Waals surface area contributed by atoms with E-state index in [0.717, 1.165) is 0 Å². The van der Waals surface area contributed by atoms with Gasteiger partial charge in [0.1, 0.15) is 11.6 Å². The van der Waals surface area contributed by atoms with Gasteiger partial charge in [-0.15, -0.1) is 0 Å². The molecule has 1 amide bonds. The van der Waals surface area contributed by atoms with E-state index >= 15 is 0 Å². The zero-order chi connectivity index (χ0) is 13.8. The summed E-state index contributed by atoms with van der Waals surface area (Å²) in [4.78, 5) is 12.1. The van der Waals surface area contributed by atoms with Crippen molar-refractivity contribution in [3.8, 4) is 5.75 Å². The quantitative estimate of drug-likeness (QED) is 0.793. The molecule has 0 saturated heterocycles. The molecule has 0 aliphatic carbocycles. The Kier molecular flexibility index (Phi) is 3.91. The van der Waals surface area contributed by atoms with Crippen molar-refractivity contribution in [1.29, 1.82) is 0 Å². The first-order valence-electron chi connectivity index (χ1n) is 5.51. The van der Waals surface area contributed by atoms with E-state index in [0.29, 0.717) is 27.7 Å². The summed E-state index contributed by atoms with van der Waals surface area (Å²) in [5, 5.41) is 9.56. The second kappa shape index (κ2) is 5.62. The van der Waals surface area contributed by atoms with Crippen LogP contribution in [0.5, 0.6) is 5.75 Å². The average Bonchev–Trinajstić information content (AvgIpc) is 2.81. The summed E-state index contributed by atoms with van der Waals surface area (Å²) in [6.07, 6.45) is 1.56. The fourth-order valence-corrected chi connectivity index (χ4v) is 1.76. The molecular weight excluding hydrogens is 268 g/mol. The minimum atomic E-state index is -0.292. The number of methoxy groups -OCH3 is 1. The largest absolute Gasteiger partial charge is 0.496 e. The molecule has 0 unspecified atom stereocenters. The highest BCUT2D eigenvalue weighted by atomic mass is 35.5. The Bertz CT molecular complexity index is 597. The van der Waals surface area contributed by atoms with Gasteiger partial charge in [0.2, 0.25) is 0 Å². The third-order valence-electron chi connectivity index (χ3n) is 2.60. The molecule has 7 heteroatoms. The number of halogens is 1. The van der Waals surface area contributed by atoms with Gasteiger partial charge in [-0.3, -0.25) is 9.89 Å². The number of aromatic nitrogens is 2. The van der Waals surface area contributed by atoms with Gasteiger partial charge in [0.15, 0.2) is 0 Å². The number of H-pyrrole nitrogens is 1. The molecule has 1 aromatic carbocycles. The van der Waals surface area contributed by atoms with E-state index in [-0.39, 0.29) is 12.5 Å². The highest BCUT2D eigenvalue weighted by molar-refractivity contribution is 6.31. The van der Waals surface area contributed by atoms with E-state index in [9.17, 15) is 4.79 Å². The van der Waals surface area contributed by atoms with Crippen molar-refractivity contribution in [3.63, 3.8) is 0 Å². The van der Waals surface area contributed by atoms with Gasteiger partial charge in [-0.25, -0.2) is 0 Å². The van der Waals surface area contributed by atoms with Gasteiger partial charge in [-0.1, -0.05) is 11.6 Å². The van der Waals surface area contributed by atoms with Crippen LogP contribution in [0.4, 0.5) is 5.82 Å². The minimum absolute atomic E-state index is 0.275. The van der Waals surface area contributed by atoms with Gasteiger partial charge >= 0.3 is 0 Å². The molecule has 0 atom stereocenters. The monoisotopic (exact) mass is 280 g/mol. The molecule has 0 fully saturated rings. The van der Waals surface area contributed by atoms with Crippen molar-refractivity contribution < 1.29 is 9.53 Å². The Hall–Kier alpha value is -2.21. The Balaban J connectivity index is 2.12. The molecule has 6 nitrogen and oxygen atoms in total. The Morgan fingerprint density at radius 2 is 2.37 bits per heavy atom. The maximum Gasteiger partial charge on any atom is 0.255 e. The predicted octanol–water partition coefficient (Wildman–Crippen LogP) is 1.58. The van der Waals surface area contributed by atoms with Crippen LogP contribution in [0.3, 0.4) is 0 Å². The molecule has 4 N–H and O–H groups in total. The summed E-state index contributed by atoms with van der Waals surface area (Å²) in [7, 11) is 1.49. The van der Waals surface area contributed by atoms with Crippen molar-refractivity contribution in [2.24, 2.45) is 0 Å². The smallest absolute Gasteiger partial charge is 0.255 e. The maximum atomic E-state index is 12.1. The van der Waals surface area contributed by atoms with E-state index in [1.807, 2.05) is 0 Å². The minimum Gasteiger partial charge on any atom is -0.496 e. The van der Waals surface area contributed by atoms with Crippen LogP contribution < -0.4 is 15.8 Å². The van der Waals surface area contributed by atoms with E-state index in [2.05, 4.69) is 15.5 Å². The number of hydrogen-bond donors (Lipinski definition) is 3. The molecule has 0 aliphatic heterocycles. The second-order valence-corrected chi connectivity index (χ2v) is 4.27. The molecule has 0 spiro atoms. The van der Waals surface area contributed by atoms with Gasteiger partial charge in [0, 0.05) is 17.1 Å². The lowest BCUT2D eigenvalue weighted by Gasteiger charge is -2.09. The van der Waals surface area contributed by atoms with Gasteiger partial charge in [-0.2, -0.15) is 5.10 Å². The summed E-state index contributed by atoms with van der Waals surface area (Å²) in [6.45, 7) is 0.275. The number of amides is 1. The molecule has 19 heavy (non-hydrogen) atoms. The lowest BCUT2D eigenvalue weighted by Crippen LogP contribution is -2.23. The average molecular weight is 281 g/mol. The fourth-order valence-electron chi connectivity index (χ4n) is 1.59. The fraction of sp³-hybridized carbons (Fsp3) is 0.167. The number of rotatable bonds is 4. The number of nitrogen functional groups attached to an aromatic ring is 1. The highest BCUT2D eigenvalue weighted by Gasteiger charge is 2.13. The molecule has 2 rings (SSSR count). The van der Waals surface area contributed by atoms with Gasteiger partial charge in [0.05, 0.1) is 18.9 Å². The summed E-state index contributed by atoms with van der Waals surface area (Å²) in [5.74, 6) is 0.598. The number of carbonyl (C=O) groups is 1. The van der Waals surface area contributed by atoms with Crippen LogP contribution in [0.15, 0.2) is 24.4 Å². The molecule has 0 bridgehead atoms. The maximum absolute atomic E-state index is 12.1. The molecule has 0 saturated carbocycles. The van der Waals surface area contributed by atoms with Crippen LogP contribution in [-0.4, -0.2) is 23.2 Å². The standard InChI is InChI=1S/C12H13ClN4O2/c1-19-10-3-2-8(13)4-9(10)12(18)15-5-7-6-16-17-11(7)14/h2-4,6H,5H2,1H3,(H,15,18)(H3,14,16,17). The van der Waals surface area contributed by atoms with E-state index in [1.54, 1.807) is 24.4 Å². The van der Waals surface area contributed by atoms with Crippen molar-refractivity contribution in [2.75, 3.05) is 12.8 Å². The van der Waals surface area contributed by atoms with Crippen molar-refractivity contribution in [1.82, 2.24) is 15.5 Å². The number of aromatic amines is 1. The van der Waals surface area contributed by atoms with Crippen LogP contribution in [0.2, 0.25) is 5.02 Å². The van der Waals surface area contributed by atoms with Crippen molar-refractivity contribution >= 4 is 23.3 Å². The number of nitrogens with zero attached hydrogens (tertiary/aromatic N) is 1. The zero-order valence-corrected chi connectivity index (χ0v) is 11.0. The molecule has 100 valence electrons. The van der Waals surface area contributed by atoms with Crippen LogP contribution in [-0.2, 0) is 6.54 Å². The Morgan fingerprint density at radius 3 is 3.00 bits per heavy atom. The number of anilines is 1. The Morgan fingerprint density at radius 1 is 1.58 bits per heavy atom. The van der Waals surface area contributed by atoms with Crippen LogP contribution in [0.25, 0.3) is 0 Å². The lowest BCUT2D eigenvalue weighted by atomic mass is 10.2. The van der Waals surface area contributed by atoms with Crippen molar-refractivity contribution in [3.05, 3.63) is 40.5 Å². The van der Waals surface area contributed by atoms with E-state index in [4.69, 9.17) is 22.1 Å². The highest BCUT2D eigenvalue weighted by Crippen LogP contribution is 2.22. The number of benzene rings is 1. The van der Waals surface area contributed by atoms with Crippen molar-refractivity contribution in [2.45, 2.75) is 6.54 Å². The molecule has 0 aliphatic rings. The molecule has 1 heterocycles. The summed E-state index contributed by atoms with van der Waals surface area (Å²) < 4.78 is 5.12. The number of nitrogens with two attached hydrogens (primary N) is 1.